The number of anilines is 1. The quantitative estimate of drug-likeness (QED) is 0.704. The molecule has 1 aromatic rings. The summed E-state index contributed by atoms with van der Waals surface area (Å²) in [7, 11) is 0. The monoisotopic (exact) mass is 293 g/mol. The van der Waals surface area contributed by atoms with Crippen LogP contribution in [0.25, 0.3) is 0 Å². The van der Waals surface area contributed by atoms with Crippen LogP contribution < -0.4 is 10.1 Å². The molecule has 0 atom stereocenters. The second kappa shape index (κ2) is 9.80. The van der Waals surface area contributed by atoms with Crippen molar-refractivity contribution in [3.05, 3.63) is 24.3 Å². The molecule has 0 heterocycles. The van der Waals surface area contributed by atoms with Crippen LogP contribution in [0.4, 0.5) is 10.5 Å². The van der Waals surface area contributed by atoms with E-state index in [1.807, 2.05) is 12.1 Å². The zero-order valence-electron chi connectivity index (χ0n) is 12.6. The van der Waals surface area contributed by atoms with Gasteiger partial charge in [-0.3, -0.25) is 10.1 Å². The highest BCUT2D eigenvalue weighted by molar-refractivity contribution is 5.85. The Kier molecular flexibility index (Phi) is 7.94. The molecule has 0 aliphatic heterocycles. The number of hydrogen-bond acceptors (Lipinski definition) is 4. The molecule has 5 heteroatoms. The number of amides is 1. The molecular formula is C16H23NO4. The van der Waals surface area contributed by atoms with Gasteiger partial charge in [-0.25, -0.2) is 4.79 Å². The van der Waals surface area contributed by atoms with Crippen LogP contribution in [0, 0.1) is 0 Å². The van der Waals surface area contributed by atoms with Gasteiger partial charge in [0.15, 0.2) is 6.29 Å². The van der Waals surface area contributed by atoms with E-state index < -0.39 is 6.09 Å². The lowest BCUT2D eigenvalue weighted by Gasteiger charge is -2.18. The first-order valence-corrected chi connectivity index (χ1v) is 7.33. The highest BCUT2D eigenvalue weighted by atomic mass is 16.5. The minimum absolute atomic E-state index is 0.233. The smallest absolute Gasteiger partial charge is 0.412 e. The van der Waals surface area contributed by atoms with Crippen LogP contribution in [-0.4, -0.2) is 25.1 Å². The SMILES string of the molecule is CCCC(CCC)Oc1ccc(NC(=O)OCC=O)cc1. The summed E-state index contributed by atoms with van der Waals surface area (Å²) >= 11 is 0. The average Bonchev–Trinajstić information content (AvgIpc) is 2.48. The topological polar surface area (TPSA) is 64.6 Å². The van der Waals surface area contributed by atoms with Gasteiger partial charge in [0.05, 0.1) is 6.10 Å². The van der Waals surface area contributed by atoms with Crippen molar-refractivity contribution in [2.75, 3.05) is 11.9 Å². The predicted molar refractivity (Wildman–Crippen MR) is 81.7 cm³/mol. The van der Waals surface area contributed by atoms with Crippen molar-refractivity contribution in [2.24, 2.45) is 0 Å². The highest BCUT2D eigenvalue weighted by Crippen LogP contribution is 2.20. The zero-order valence-corrected chi connectivity index (χ0v) is 12.6. The van der Waals surface area contributed by atoms with Crippen LogP contribution in [-0.2, 0) is 9.53 Å². The maximum atomic E-state index is 11.3. The molecule has 0 radical (unpaired) electrons. The predicted octanol–water partition coefficient (Wildman–Crippen LogP) is 3.78. The van der Waals surface area contributed by atoms with Gasteiger partial charge in [0.25, 0.3) is 0 Å². The highest BCUT2D eigenvalue weighted by Gasteiger charge is 2.09. The lowest BCUT2D eigenvalue weighted by atomic mass is 10.1. The third kappa shape index (κ3) is 6.79. The fourth-order valence-electron chi connectivity index (χ4n) is 1.98. The van der Waals surface area contributed by atoms with E-state index in [9.17, 15) is 9.59 Å². The standard InChI is InChI=1S/C16H23NO4/c1-3-5-14(6-4-2)21-15-9-7-13(8-10-15)17-16(19)20-12-11-18/h7-11,14H,3-6,12H2,1-2H3,(H,17,19). The van der Waals surface area contributed by atoms with Crippen molar-refractivity contribution in [1.82, 2.24) is 0 Å². The normalized spacial score (nSPS) is 10.2. The Morgan fingerprint density at radius 3 is 2.33 bits per heavy atom. The summed E-state index contributed by atoms with van der Waals surface area (Å²) < 4.78 is 10.5. The molecule has 1 N–H and O–H groups in total. The minimum Gasteiger partial charge on any atom is -0.490 e. The van der Waals surface area contributed by atoms with Crippen LogP contribution in [0.15, 0.2) is 24.3 Å². The molecule has 1 rings (SSSR count). The molecule has 0 aromatic heterocycles. The summed E-state index contributed by atoms with van der Waals surface area (Å²) in [6.07, 6.45) is 4.36. The molecule has 0 unspecified atom stereocenters. The number of rotatable bonds is 9. The van der Waals surface area contributed by atoms with Gasteiger partial charge in [0.2, 0.25) is 0 Å². The van der Waals surface area contributed by atoms with Gasteiger partial charge < -0.3 is 9.47 Å². The number of hydrogen-bond donors (Lipinski definition) is 1. The zero-order chi connectivity index (χ0) is 15.5. The lowest BCUT2D eigenvalue weighted by molar-refractivity contribution is -0.110. The van der Waals surface area contributed by atoms with E-state index in [2.05, 4.69) is 23.9 Å². The fourth-order valence-corrected chi connectivity index (χ4v) is 1.98. The number of carbonyl (C=O) groups excluding carboxylic acids is 2. The van der Waals surface area contributed by atoms with E-state index in [-0.39, 0.29) is 12.7 Å². The maximum absolute atomic E-state index is 11.3. The van der Waals surface area contributed by atoms with E-state index in [4.69, 9.17) is 4.74 Å². The minimum atomic E-state index is -0.648. The van der Waals surface area contributed by atoms with Crippen molar-refractivity contribution in [2.45, 2.75) is 45.6 Å². The van der Waals surface area contributed by atoms with Crippen LogP contribution in [0.3, 0.4) is 0 Å². The third-order valence-corrected chi connectivity index (χ3v) is 2.91. The fraction of sp³-hybridized carbons (Fsp3) is 0.500. The number of ether oxygens (including phenoxy) is 2. The van der Waals surface area contributed by atoms with Crippen LogP contribution in [0.2, 0.25) is 0 Å². The number of benzene rings is 1. The molecule has 5 nitrogen and oxygen atoms in total. The Hall–Kier alpha value is -2.04. The van der Waals surface area contributed by atoms with Crippen molar-refractivity contribution < 1.29 is 19.1 Å². The molecule has 0 aliphatic carbocycles. The summed E-state index contributed by atoms with van der Waals surface area (Å²) in [6.45, 7) is 4.04. The number of carbonyl (C=O) groups is 2. The molecule has 0 fully saturated rings. The summed E-state index contributed by atoms with van der Waals surface area (Å²) in [4.78, 5) is 21.4. The molecular weight excluding hydrogens is 270 g/mol. The first-order valence-electron chi connectivity index (χ1n) is 7.33. The Balaban J connectivity index is 2.52. The van der Waals surface area contributed by atoms with Crippen LogP contribution in [0.1, 0.15) is 39.5 Å². The first-order chi connectivity index (χ1) is 10.2. The van der Waals surface area contributed by atoms with Gasteiger partial charge in [-0.05, 0) is 37.1 Å². The number of nitrogens with one attached hydrogen (secondary N) is 1. The molecule has 21 heavy (non-hydrogen) atoms. The average molecular weight is 293 g/mol. The second-order valence-electron chi connectivity index (χ2n) is 4.73. The van der Waals surface area contributed by atoms with Crippen LogP contribution in [0.5, 0.6) is 5.75 Å². The molecule has 1 aromatic carbocycles. The first kappa shape index (κ1) is 17.0. The van der Waals surface area contributed by atoms with Gasteiger partial charge in [0, 0.05) is 5.69 Å². The summed E-state index contributed by atoms with van der Waals surface area (Å²) in [5.74, 6) is 0.786. The van der Waals surface area contributed by atoms with Gasteiger partial charge >= 0.3 is 6.09 Å². The van der Waals surface area contributed by atoms with E-state index in [1.165, 1.54) is 0 Å². The van der Waals surface area contributed by atoms with E-state index in [0.29, 0.717) is 12.0 Å². The Labute approximate surface area is 125 Å². The molecule has 116 valence electrons. The molecule has 1 amide bonds. The van der Waals surface area contributed by atoms with Gasteiger partial charge in [-0.1, -0.05) is 26.7 Å². The molecule has 0 aliphatic rings. The van der Waals surface area contributed by atoms with E-state index in [0.717, 1.165) is 31.4 Å². The van der Waals surface area contributed by atoms with Crippen molar-refractivity contribution >= 4 is 18.1 Å². The van der Waals surface area contributed by atoms with Gasteiger partial charge in [-0.2, -0.15) is 0 Å². The summed E-state index contributed by atoms with van der Waals surface area (Å²) in [6, 6.07) is 7.11. The molecule has 0 saturated heterocycles. The van der Waals surface area contributed by atoms with Gasteiger partial charge in [-0.15, -0.1) is 0 Å². The molecule has 0 spiro atoms. The second-order valence-corrected chi connectivity index (χ2v) is 4.73. The summed E-state index contributed by atoms with van der Waals surface area (Å²) in [5, 5.41) is 2.53. The third-order valence-electron chi connectivity index (χ3n) is 2.91. The Morgan fingerprint density at radius 2 is 1.81 bits per heavy atom. The van der Waals surface area contributed by atoms with Crippen molar-refractivity contribution in [3.63, 3.8) is 0 Å². The van der Waals surface area contributed by atoms with Gasteiger partial charge in [0.1, 0.15) is 12.4 Å². The van der Waals surface area contributed by atoms with E-state index in [1.54, 1.807) is 12.1 Å². The van der Waals surface area contributed by atoms with Crippen LogP contribution >= 0.6 is 0 Å². The Morgan fingerprint density at radius 1 is 1.19 bits per heavy atom. The summed E-state index contributed by atoms with van der Waals surface area (Å²) in [5.41, 5.74) is 0.598. The van der Waals surface area contributed by atoms with E-state index >= 15 is 0 Å². The molecule has 0 bridgehead atoms. The van der Waals surface area contributed by atoms with Crippen molar-refractivity contribution in [1.29, 1.82) is 0 Å². The Bertz CT molecular complexity index is 424. The lowest BCUT2D eigenvalue weighted by Crippen LogP contribution is -2.16. The molecule has 0 saturated carbocycles. The largest absolute Gasteiger partial charge is 0.490 e. The maximum Gasteiger partial charge on any atom is 0.412 e. The number of aldehydes is 1. The van der Waals surface area contributed by atoms with Crippen molar-refractivity contribution in [3.8, 4) is 5.75 Å².